The molecule has 1 saturated carbocycles. The van der Waals surface area contributed by atoms with Gasteiger partial charge in [0, 0.05) is 5.92 Å². The highest BCUT2D eigenvalue weighted by atomic mass is 32.1. The highest BCUT2D eigenvalue weighted by Crippen LogP contribution is 2.33. The van der Waals surface area contributed by atoms with Crippen molar-refractivity contribution in [2.45, 2.75) is 38.0 Å². The Kier molecular flexibility index (Phi) is 2.74. The minimum Gasteiger partial charge on any atom is -0.297 e. The third kappa shape index (κ3) is 1.80. The summed E-state index contributed by atoms with van der Waals surface area (Å²) in [7, 11) is 0. The molecule has 0 aromatic carbocycles. The number of aromatic nitrogens is 1. The number of rotatable bonds is 2. The Morgan fingerprint density at radius 1 is 1.38 bits per heavy atom. The van der Waals surface area contributed by atoms with Gasteiger partial charge in [-0.2, -0.15) is 0 Å². The summed E-state index contributed by atoms with van der Waals surface area (Å²) in [5.74, 6) is 0.556. The normalized spacial score (nSPS) is 18.8. The second-order valence-corrected chi connectivity index (χ2v) is 4.44. The average Bonchev–Trinajstić information content (AvgIpc) is 2.67. The Bertz CT molecular complexity index is 289. The Balaban J connectivity index is 2.17. The monoisotopic (exact) mass is 195 g/mol. The molecule has 1 heterocycles. The molecule has 0 bridgehead atoms. The molecule has 2 nitrogen and oxygen atoms in total. The third-order valence-corrected chi connectivity index (χ3v) is 3.49. The van der Waals surface area contributed by atoms with Crippen LogP contribution in [0.5, 0.6) is 0 Å². The molecule has 1 aromatic heterocycles. The number of carbonyl (C=O) groups excluding carboxylic acids is 1. The lowest BCUT2D eigenvalue weighted by Crippen LogP contribution is -2.06. The van der Waals surface area contributed by atoms with E-state index in [2.05, 4.69) is 4.98 Å². The first kappa shape index (κ1) is 8.88. The molecule has 2 rings (SSSR count). The molecular weight excluding hydrogens is 182 g/mol. The van der Waals surface area contributed by atoms with E-state index in [1.807, 2.05) is 0 Å². The molecule has 1 aliphatic rings. The van der Waals surface area contributed by atoms with Gasteiger partial charge in [-0.05, 0) is 12.8 Å². The van der Waals surface area contributed by atoms with Crippen LogP contribution in [-0.2, 0) is 0 Å². The molecular formula is C10H13NOS. The van der Waals surface area contributed by atoms with Gasteiger partial charge >= 0.3 is 0 Å². The van der Waals surface area contributed by atoms with E-state index in [1.165, 1.54) is 43.4 Å². The van der Waals surface area contributed by atoms with Gasteiger partial charge < -0.3 is 0 Å². The molecule has 0 aliphatic heterocycles. The Morgan fingerprint density at radius 3 is 2.85 bits per heavy atom. The topological polar surface area (TPSA) is 30.0 Å². The van der Waals surface area contributed by atoms with E-state index in [0.717, 1.165) is 16.9 Å². The summed E-state index contributed by atoms with van der Waals surface area (Å²) in [6.07, 6.45) is 7.30. The first-order valence-electron chi connectivity index (χ1n) is 4.80. The highest BCUT2D eigenvalue weighted by Gasteiger charge is 2.20. The van der Waals surface area contributed by atoms with Crippen molar-refractivity contribution in [1.29, 1.82) is 0 Å². The maximum atomic E-state index is 10.7. The van der Waals surface area contributed by atoms with Gasteiger partial charge in [0.2, 0.25) is 0 Å². The second-order valence-electron chi connectivity index (χ2n) is 3.55. The van der Waals surface area contributed by atoms with Crippen molar-refractivity contribution in [2.75, 3.05) is 0 Å². The van der Waals surface area contributed by atoms with Crippen LogP contribution in [0.25, 0.3) is 0 Å². The fraction of sp³-hybridized carbons (Fsp3) is 0.600. The van der Waals surface area contributed by atoms with Crippen LogP contribution in [-0.4, -0.2) is 11.3 Å². The van der Waals surface area contributed by atoms with Gasteiger partial charge in [-0.1, -0.05) is 19.3 Å². The lowest BCUT2D eigenvalue weighted by molar-refractivity contribution is 0.112. The molecule has 0 unspecified atom stereocenters. The molecule has 1 aromatic rings. The van der Waals surface area contributed by atoms with E-state index in [1.54, 1.807) is 5.51 Å². The van der Waals surface area contributed by atoms with Crippen LogP contribution in [0.1, 0.15) is 53.4 Å². The highest BCUT2D eigenvalue weighted by molar-refractivity contribution is 7.11. The molecule has 13 heavy (non-hydrogen) atoms. The lowest BCUT2D eigenvalue weighted by Gasteiger charge is -2.19. The minimum atomic E-state index is 0.556. The fourth-order valence-corrected chi connectivity index (χ4v) is 2.71. The number of nitrogens with zero attached hydrogens (tertiary/aromatic N) is 1. The summed E-state index contributed by atoms with van der Waals surface area (Å²) in [6, 6.07) is 0. The largest absolute Gasteiger partial charge is 0.297 e. The van der Waals surface area contributed by atoms with E-state index < -0.39 is 0 Å². The quantitative estimate of drug-likeness (QED) is 0.679. The second kappa shape index (κ2) is 4.01. The summed E-state index contributed by atoms with van der Waals surface area (Å²) in [6.45, 7) is 0. The van der Waals surface area contributed by atoms with Gasteiger partial charge in [-0.25, -0.2) is 4.98 Å². The van der Waals surface area contributed by atoms with Crippen molar-refractivity contribution in [2.24, 2.45) is 0 Å². The lowest BCUT2D eigenvalue weighted by atomic mass is 9.86. The van der Waals surface area contributed by atoms with Crippen LogP contribution in [0.3, 0.4) is 0 Å². The van der Waals surface area contributed by atoms with Crippen LogP contribution < -0.4 is 0 Å². The van der Waals surface area contributed by atoms with Gasteiger partial charge in [0.25, 0.3) is 0 Å². The van der Waals surface area contributed by atoms with Crippen molar-refractivity contribution in [1.82, 2.24) is 4.98 Å². The molecule has 1 fully saturated rings. The molecule has 0 spiro atoms. The number of carbonyl (C=O) groups is 1. The number of hydrogen-bond donors (Lipinski definition) is 0. The summed E-state index contributed by atoms with van der Waals surface area (Å²) >= 11 is 1.46. The third-order valence-electron chi connectivity index (χ3n) is 2.72. The number of hydrogen-bond acceptors (Lipinski definition) is 3. The van der Waals surface area contributed by atoms with Crippen LogP contribution in [0.2, 0.25) is 0 Å². The molecule has 70 valence electrons. The molecule has 0 atom stereocenters. The Hall–Kier alpha value is -0.700. The van der Waals surface area contributed by atoms with Crippen LogP contribution >= 0.6 is 11.3 Å². The average molecular weight is 195 g/mol. The standard InChI is InChI=1S/C10H13NOS/c12-6-9-10(11-7-13-9)8-4-2-1-3-5-8/h6-8H,1-5H2. The van der Waals surface area contributed by atoms with Gasteiger partial charge in [-0.15, -0.1) is 11.3 Å². The van der Waals surface area contributed by atoms with Gasteiger partial charge in [0.05, 0.1) is 16.1 Å². The van der Waals surface area contributed by atoms with Crippen molar-refractivity contribution < 1.29 is 4.79 Å². The summed E-state index contributed by atoms with van der Waals surface area (Å²) in [5, 5.41) is 0. The van der Waals surface area contributed by atoms with Gasteiger partial charge in [0.1, 0.15) is 0 Å². The SMILES string of the molecule is O=Cc1scnc1C1CCCCC1. The summed E-state index contributed by atoms with van der Waals surface area (Å²) in [4.78, 5) is 15.8. The van der Waals surface area contributed by atoms with E-state index in [9.17, 15) is 4.79 Å². The maximum absolute atomic E-state index is 10.7. The molecule has 0 saturated heterocycles. The molecule has 3 heteroatoms. The minimum absolute atomic E-state index is 0.556. The predicted molar refractivity (Wildman–Crippen MR) is 53.3 cm³/mol. The van der Waals surface area contributed by atoms with E-state index in [-0.39, 0.29) is 0 Å². The fourth-order valence-electron chi connectivity index (χ4n) is 2.03. The zero-order valence-corrected chi connectivity index (χ0v) is 8.35. The van der Waals surface area contributed by atoms with Crippen molar-refractivity contribution in [3.8, 4) is 0 Å². The number of thiazole rings is 1. The first-order valence-corrected chi connectivity index (χ1v) is 5.68. The zero-order valence-electron chi connectivity index (χ0n) is 7.53. The van der Waals surface area contributed by atoms with Gasteiger partial charge in [0.15, 0.2) is 6.29 Å². The van der Waals surface area contributed by atoms with Crippen molar-refractivity contribution in [3.63, 3.8) is 0 Å². The van der Waals surface area contributed by atoms with E-state index >= 15 is 0 Å². The van der Waals surface area contributed by atoms with Crippen molar-refractivity contribution >= 4 is 17.6 Å². The van der Waals surface area contributed by atoms with Crippen molar-refractivity contribution in [3.05, 3.63) is 16.1 Å². The summed E-state index contributed by atoms with van der Waals surface area (Å²) in [5.41, 5.74) is 2.84. The molecule has 0 radical (unpaired) electrons. The first-order chi connectivity index (χ1) is 6.42. The smallest absolute Gasteiger partial charge is 0.161 e. The Labute approximate surface area is 82.0 Å². The van der Waals surface area contributed by atoms with Crippen LogP contribution in [0, 0.1) is 0 Å². The molecule has 0 N–H and O–H groups in total. The van der Waals surface area contributed by atoms with Gasteiger partial charge in [-0.3, -0.25) is 4.79 Å². The number of aldehydes is 1. The molecule has 0 amide bonds. The predicted octanol–water partition coefficient (Wildman–Crippen LogP) is 3.00. The maximum Gasteiger partial charge on any atom is 0.161 e. The zero-order chi connectivity index (χ0) is 9.10. The van der Waals surface area contributed by atoms with E-state index in [4.69, 9.17) is 0 Å². The summed E-state index contributed by atoms with van der Waals surface area (Å²) < 4.78 is 0. The van der Waals surface area contributed by atoms with E-state index in [0.29, 0.717) is 5.92 Å². The van der Waals surface area contributed by atoms with Crippen LogP contribution in [0.4, 0.5) is 0 Å². The van der Waals surface area contributed by atoms with Crippen LogP contribution in [0.15, 0.2) is 5.51 Å². The Morgan fingerprint density at radius 2 is 2.15 bits per heavy atom. The molecule has 1 aliphatic carbocycles.